The van der Waals surface area contributed by atoms with Crippen molar-refractivity contribution in [2.75, 3.05) is 13.7 Å². The zero-order valence-corrected chi connectivity index (χ0v) is 15.8. The molecule has 2 aromatic heterocycles. The lowest BCUT2D eigenvalue weighted by Gasteiger charge is -2.16. The second-order valence-electron chi connectivity index (χ2n) is 6.62. The molecule has 4 aromatic rings. The minimum absolute atomic E-state index is 0.119. The van der Waals surface area contributed by atoms with Crippen molar-refractivity contribution in [3.05, 3.63) is 89.0 Å². The second kappa shape index (κ2) is 8.02. The van der Waals surface area contributed by atoms with Crippen molar-refractivity contribution in [2.45, 2.75) is 6.54 Å². The summed E-state index contributed by atoms with van der Waals surface area (Å²) in [5, 5.41) is 5.13. The molecular formula is C22H19N3O4. The minimum atomic E-state index is -0.429. The smallest absolute Gasteiger partial charge is 0.336 e. The standard InChI is InChI=1S/C22H19N3O4/c1-24(13-16-12-23-25(14-16)18-5-3-2-4-6-18)21(26)15-28-19-9-7-17-8-10-22(27)29-20(17)11-19/h2-12,14H,13,15H2,1H3. The average Bonchev–Trinajstić information content (AvgIpc) is 3.20. The van der Waals surface area contributed by atoms with Crippen LogP contribution in [0.15, 0.2) is 82.3 Å². The SMILES string of the molecule is CN(Cc1cnn(-c2ccccc2)c1)C(=O)COc1ccc2ccc(=O)oc2c1. The van der Waals surface area contributed by atoms with Crippen molar-refractivity contribution in [2.24, 2.45) is 0 Å². The number of carbonyl (C=O) groups is 1. The molecule has 1 amide bonds. The Labute approximate surface area is 166 Å². The lowest BCUT2D eigenvalue weighted by atomic mass is 10.2. The highest BCUT2D eigenvalue weighted by atomic mass is 16.5. The summed E-state index contributed by atoms with van der Waals surface area (Å²) in [5.41, 5.74) is 1.86. The largest absolute Gasteiger partial charge is 0.484 e. The Kier molecular flexibility index (Phi) is 5.11. The van der Waals surface area contributed by atoms with Gasteiger partial charge in [0.2, 0.25) is 0 Å². The molecule has 7 heteroatoms. The van der Waals surface area contributed by atoms with Gasteiger partial charge in [0, 0.05) is 42.9 Å². The molecule has 29 heavy (non-hydrogen) atoms. The molecule has 0 spiro atoms. The van der Waals surface area contributed by atoms with Crippen molar-refractivity contribution in [1.29, 1.82) is 0 Å². The molecule has 0 unspecified atom stereocenters. The van der Waals surface area contributed by atoms with Crippen molar-refractivity contribution in [3.8, 4) is 11.4 Å². The lowest BCUT2D eigenvalue weighted by Crippen LogP contribution is -2.30. The average molecular weight is 389 g/mol. The molecule has 0 bridgehead atoms. The van der Waals surface area contributed by atoms with E-state index in [1.807, 2.05) is 36.5 Å². The Morgan fingerprint density at radius 3 is 2.76 bits per heavy atom. The van der Waals surface area contributed by atoms with Crippen molar-refractivity contribution in [3.63, 3.8) is 0 Å². The molecule has 0 radical (unpaired) electrons. The highest BCUT2D eigenvalue weighted by molar-refractivity contribution is 5.79. The van der Waals surface area contributed by atoms with E-state index in [1.165, 1.54) is 6.07 Å². The first-order valence-electron chi connectivity index (χ1n) is 9.08. The number of aromatic nitrogens is 2. The molecule has 2 aromatic carbocycles. The van der Waals surface area contributed by atoms with Gasteiger partial charge in [0.1, 0.15) is 11.3 Å². The highest BCUT2D eigenvalue weighted by Gasteiger charge is 2.12. The van der Waals surface area contributed by atoms with E-state index in [4.69, 9.17) is 9.15 Å². The number of hydrogen-bond donors (Lipinski definition) is 0. The van der Waals surface area contributed by atoms with Crippen LogP contribution in [0.5, 0.6) is 5.75 Å². The van der Waals surface area contributed by atoms with Crippen LogP contribution in [0.2, 0.25) is 0 Å². The maximum absolute atomic E-state index is 12.4. The van der Waals surface area contributed by atoms with Crippen LogP contribution < -0.4 is 10.4 Å². The van der Waals surface area contributed by atoms with Gasteiger partial charge in [-0.2, -0.15) is 5.10 Å². The second-order valence-corrected chi connectivity index (χ2v) is 6.62. The maximum Gasteiger partial charge on any atom is 0.336 e. The van der Waals surface area contributed by atoms with Gasteiger partial charge in [0.15, 0.2) is 6.61 Å². The summed E-state index contributed by atoms with van der Waals surface area (Å²) >= 11 is 0. The Hall–Kier alpha value is -3.87. The molecule has 146 valence electrons. The van der Waals surface area contributed by atoms with Gasteiger partial charge >= 0.3 is 5.63 Å². The van der Waals surface area contributed by atoms with Crippen LogP contribution >= 0.6 is 0 Å². The van der Waals surface area contributed by atoms with E-state index in [0.717, 1.165) is 16.6 Å². The number of nitrogens with zero attached hydrogens (tertiary/aromatic N) is 3. The van der Waals surface area contributed by atoms with E-state index in [-0.39, 0.29) is 12.5 Å². The first-order valence-corrected chi connectivity index (χ1v) is 9.08. The van der Waals surface area contributed by atoms with Crippen molar-refractivity contribution >= 4 is 16.9 Å². The number of carbonyl (C=O) groups excluding carboxylic acids is 1. The molecule has 0 aliphatic heterocycles. The van der Waals surface area contributed by atoms with Gasteiger partial charge in [-0.3, -0.25) is 4.79 Å². The molecular weight excluding hydrogens is 370 g/mol. The Bertz CT molecular complexity index is 1200. The summed E-state index contributed by atoms with van der Waals surface area (Å²) in [6.07, 6.45) is 3.63. The van der Waals surface area contributed by atoms with E-state index in [9.17, 15) is 9.59 Å². The molecule has 0 saturated heterocycles. The minimum Gasteiger partial charge on any atom is -0.484 e. The van der Waals surface area contributed by atoms with Crippen molar-refractivity contribution < 1.29 is 13.9 Å². The first kappa shape index (κ1) is 18.5. The third kappa shape index (κ3) is 4.35. The van der Waals surface area contributed by atoms with E-state index >= 15 is 0 Å². The van der Waals surface area contributed by atoms with Gasteiger partial charge < -0.3 is 14.1 Å². The molecule has 4 rings (SSSR count). The van der Waals surface area contributed by atoms with Gasteiger partial charge in [-0.15, -0.1) is 0 Å². The molecule has 0 fully saturated rings. The molecule has 0 N–H and O–H groups in total. The maximum atomic E-state index is 12.4. The van der Waals surface area contributed by atoms with Gasteiger partial charge in [-0.25, -0.2) is 9.48 Å². The quantitative estimate of drug-likeness (QED) is 0.474. The van der Waals surface area contributed by atoms with Gasteiger partial charge in [-0.05, 0) is 30.3 Å². The fraction of sp³-hybridized carbons (Fsp3) is 0.136. The number of fused-ring (bicyclic) bond motifs is 1. The summed E-state index contributed by atoms with van der Waals surface area (Å²) in [5.74, 6) is 0.289. The van der Waals surface area contributed by atoms with Crippen molar-refractivity contribution in [1.82, 2.24) is 14.7 Å². The summed E-state index contributed by atoms with van der Waals surface area (Å²) in [7, 11) is 1.71. The molecule has 0 atom stereocenters. The summed E-state index contributed by atoms with van der Waals surface area (Å²) < 4.78 is 12.5. The summed E-state index contributed by atoms with van der Waals surface area (Å²) in [4.78, 5) is 25.3. The number of hydrogen-bond acceptors (Lipinski definition) is 5. The molecule has 2 heterocycles. The lowest BCUT2D eigenvalue weighted by molar-refractivity contribution is -0.132. The van der Waals surface area contributed by atoms with Crippen LogP contribution in [0.3, 0.4) is 0 Å². The molecule has 0 aliphatic rings. The van der Waals surface area contributed by atoms with E-state index in [2.05, 4.69) is 5.10 Å². The zero-order valence-electron chi connectivity index (χ0n) is 15.8. The third-order valence-electron chi connectivity index (χ3n) is 4.46. The van der Waals surface area contributed by atoms with E-state index < -0.39 is 5.63 Å². The first-order chi connectivity index (χ1) is 14.1. The van der Waals surface area contributed by atoms with E-state index in [1.54, 1.807) is 47.1 Å². The topological polar surface area (TPSA) is 77.6 Å². The van der Waals surface area contributed by atoms with Crippen LogP contribution in [0.4, 0.5) is 0 Å². The number of rotatable bonds is 6. The number of ether oxygens (including phenoxy) is 1. The molecule has 0 aliphatic carbocycles. The summed E-state index contributed by atoms with van der Waals surface area (Å²) in [6.45, 7) is 0.299. The highest BCUT2D eigenvalue weighted by Crippen LogP contribution is 2.19. The Balaban J connectivity index is 1.36. The number of amides is 1. The molecule has 7 nitrogen and oxygen atoms in total. The number of likely N-dealkylation sites (N-methyl/N-ethyl adjacent to an activating group) is 1. The van der Waals surface area contributed by atoms with Gasteiger partial charge in [0.05, 0.1) is 11.9 Å². The van der Waals surface area contributed by atoms with Crippen LogP contribution in [-0.4, -0.2) is 34.2 Å². The van der Waals surface area contributed by atoms with Crippen LogP contribution in [-0.2, 0) is 11.3 Å². The molecule has 0 saturated carbocycles. The predicted octanol–water partition coefficient (Wildman–Crippen LogP) is 3.02. The predicted molar refractivity (Wildman–Crippen MR) is 108 cm³/mol. The van der Waals surface area contributed by atoms with Gasteiger partial charge in [-0.1, -0.05) is 18.2 Å². The van der Waals surface area contributed by atoms with E-state index in [0.29, 0.717) is 17.9 Å². The third-order valence-corrected chi connectivity index (χ3v) is 4.46. The van der Waals surface area contributed by atoms with Crippen LogP contribution in [0, 0.1) is 0 Å². The normalized spacial score (nSPS) is 10.8. The monoisotopic (exact) mass is 389 g/mol. The number of para-hydroxylation sites is 1. The zero-order chi connectivity index (χ0) is 20.2. The Morgan fingerprint density at radius 1 is 1.14 bits per heavy atom. The number of benzene rings is 2. The van der Waals surface area contributed by atoms with Crippen LogP contribution in [0.25, 0.3) is 16.7 Å². The Morgan fingerprint density at radius 2 is 1.93 bits per heavy atom. The van der Waals surface area contributed by atoms with Crippen LogP contribution in [0.1, 0.15) is 5.56 Å². The fourth-order valence-corrected chi connectivity index (χ4v) is 2.91. The summed E-state index contributed by atoms with van der Waals surface area (Å²) in [6, 6.07) is 17.9. The fourth-order valence-electron chi connectivity index (χ4n) is 2.91. The van der Waals surface area contributed by atoms with Gasteiger partial charge in [0.25, 0.3) is 5.91 Å².